The number of rotatable bonds is 4. The molecule has 1 aromatic heterocycles. The summed E-state index contributed by atoms with van der Waals surface area (Å²) in [5.41, 5.74) is 11.3. The summed E-state index contributed by atoms with van der Waals surface area (Å²) in [5, 5.41) is 11.0. The van der Waals surface area contributed by atoms with Crippen molar-refractivity contribution in [2.45, 2.75) is 58.5 Å². The fourth-order valence-corrected chi connectivity index (χ4v) is 5.64. The number of aryl methyl sites for hydroxylation is 2. The van der Waals surface area contributed by atoms with Crippen LogP contribution in [0.25, 0.3) is 0 Å². The molecule has 2 aromatic rings. The number of Topliss-reactive ketones (excluding diaryl/α,β-unsaturated/α-hetero) is 1. The Labute approximate surface area is 194 Å². The van der Waals surface area contributed by atoms with Gasteiger partial charge < -0.3 is 10.2 Å². The third-order valence-corrected chi connectivity index (χ3v) is 6.95. The van der Waals surface area contributed by atoms with Crippen molar-refractivity contribution in [3.8, 4) is 6.07 Å². The third-order valence-electron chi connectivity index (χ3n) is 6.08. The third kappa shape index (κ3) is 3.75. The number of allylic oxidation sites excluding steroid dienone is 3. The highest BCUT2D eigenvalue weighted by atomic mass is 32.2. The van der Waals surface area contributed by atoms with Gasteiger partial charge in [0.15, 0.2) is 10.9 Å². The molecule has 0 amide bonds. The zero-order valence-corrected chi connectivity index (χ0v) is 20.1. The van der Waals surface area contributed by atoms with Crippen molar-refractivity contribution in [2.75, 3.05) is 10.7 Å². The Morgan fingerprint density at radius 2 is 2.03 bits per heavy atom. The van der Waals surface area contributed by atoms with Crippen molar-refractivity contribution < 1.29 is 9.21 Å². The summed E-state index contributed by atoms with van der Waals surface area (Å²) in [4.78, 5) is 15.5. The van der Waals surface area contributed by atoms with Gasteiger partial charge in [-0.1, -0.05) is 44.7 Å². The molecule has 1 aromatic carbocycles. The summed E-state index contributed by atoms with van der Waals surface area (Å²) in [6.07, 6.45) is 1.14. The second-order valence-electron chi connectivity index (χ2n) is 9.35. The second-order valence-corrected chi connectivity index (χ2v) is 10.6. The molecule has 0 saturated carbocycles. The number of hydrogen-bond donors (Lipinski definition) is 1. The minimum Gasteiger partial charge on any atom is -0.455 e. The van der Waals surface area contributed by atoms with Gasteiger partial charge in [-0.3, -0.25) is 9.69 Å². The van der Waals surface area contributed by atoms with Crippen molar-refractivity contribution >= 4 is 23.2 Å². The Morgan fingerprint density at radius 3 is 2.69 bits per heavy atom. The molecule has 0 fully saturated rings. The van der Waals surface area contributed by atoms with Crippen molar-refractivity contribution in [3.63, 3.8) is 0 Å². The van der Waals surface area contributed by atoms with Crippen molar-refractivity contribution in [1.29, 1.82) is 5.26 Å². The number of nitriles is 1. The highest BCUT2D eigenvalue weighted by Gasteiger charge is 2.45. The average molecular weight is 448 g/mol. The Balaban J connectivity index is 2.01. The molecule has 0 bridgehead atoms. The van der Waals surface area contributed by atoms with Crippen LogP contribution in [-0.2, 0) is 4.79 Å². The van der Waals surface area contributed by atoms with Gasteiger partial charge in [0.1, 0.15) is 11.6 Å². The number of thioether (sulfide) groups is 1. The first-order valence-electron chi connectivity index (χ1n) is 10.9. The van der Waals surface area contributed by atoms with E-state index in [1.54, 1.807) is 11.8 Å². The smallest absolute Gasteiger partial charge is 0.164 e. The SMILES string of the molecule is CCSc1oc(C)cc1C1C(C#N)=C(N)N(c2cccc(C)c2)C2=C1C(=O)CC(C)(C)C2. The standard InChI is InChI=1S/C26H29N3O2S/c1-6-32-25-18(11-16(3)31-25)22-19(14-27)24(28)29(17-9-7-8-15(2)10-17)20-12-26(4,5)13-21(30)23(20)22/h7-11,22H,6,12-13,28H2,1-5H3. The fraction of sp³-hybridized carbons (Fsp3) is 0.385. The molecular formula is C26H29N3O2S. The number of ketones is 1. The van der Waals surface area contributed by atoms with E-state index in [0.29, 0.717) is 29.8 Å². The number of anilines is 1. The van der Waals surface area contributed by atoms with Crippen LogP contribution in [0.1, 0.15) is 56.4 Å². The largest absolute Gasteiger partial charge is 0.455 e. The lowest BCUT2D eigenvalue weighted by molar-refractivity contribution is -0.118. The van der Waals surface area contributed by atoms with E-state index in [4.69, 9.17) is 10.2 Å². The maximum absolute atomic E-state index is 13.6. The average Bonchev–Trinajstić information content (AvgIpc) is 3.06. The minimum atomic E-state index is -0.508. The second kappa shape index (κ2) is 8.22. The van der Waals surface area contributed by atoms with E-state index in [-0.39, 0.29) is 11.2 Å². The Morgan fingerprint density at radius 1 is 1.28 bits per heavy atom. The molecule has 5 nitrogen and oxygen atoms in total. The number of nitrogens with zero attached hydrogens (tertiary/aromatic N) is 2. The Hall–Kier alpha value is -2.91. The molecule has 0 saturated heterocycles. The van der Waals surface area contributed by atoms with Crippen LogP contribution in [0.3, 0.4) is 0 Å². The van der Waals surface area contributed by atoms with Crippen LogP contribution in [0, 0.1) is 30.6 Å². The zero-order valence-electron chi connectivity index (χ0n) is 19.3. The monoisotopic (exact) mass is 447 g/mol. The molecule has 1 atom stereocenters. The molecule has 6 heteroatoms. The van der Waals surface area contributed by atoms with Gasteiger partial charge in [0.2, 0.25) is 0 Å². The van der Waals surface area contributed by atoms with Crippen LogP contribution < -0.4 is 10.6 Å². The van der Waals surface area contributed by atoms with E-state index in [9.17, 15) is 10.1 Å². The molecule has 32 heavy (non-hydrogen) atoms. The predicted octanol–water partition coefficient (Wildman–Crippen LogP) is 5.95. The van der Waals surface area contributed by atoms with Crippen LogP contribution >= 0.6 is 11.8 Å². The summed E-state index contributed by atoms with van der Waals surface area (Å²) in [6.45, 7) is 10.2. The topological polar surface area (TPSA) is 83.3 Å². The van der Waals surface area contributed by atoms with E-state index < -0.39 is 5.92 Å². The number of nitrogens with two attached hydrogens (primary N) is 1. The van der Waals surface area contributed by atoms with E-state index in [1.807, 2.05) is 49.1 Å². The highest BCUT2D eigenvalue weighted by molar-refractivity contribution is 7.99. The Kier molecular flexibility index (Phi) is 5.72. The molecule has 2 N–H and O–H groups in total. The molecule has 2 aliphatic rings. The number of carbonyl (C=O) groups excluding carboxylic acids is 1. The lowest BCUT2D eigenvalue weighted by Crippen LogP contribution is -2.42. The molecule has 4 rings (SSSR count). The summed E-state index contributed by atoms with van der Waals surface area (Å²) in [5.74, 6) is 1.55. The molecule has 0 radical (unpaired) electrons. The first-order valence-corrected chi connectivity index (χ1v) is 11.9. The lowest BCUT2D eigenvalue weighted by atomic mass is 9.69. The van der Waals surface area contributed by atoms with E-state index >= 15 is 0 Å². The summed E-state index contributed by atoms with van der Waals surface area (Å²) in [7, 11) is 0. The van der Waals surface area contributed by atoms with Crippen LogP contribution in [0.2, 0.25) is 0 Å². The number of carbonyl (C=O) groups is 1. The summed E-state index contributed by atoms with van der Waals surface area (Å²) < 4.78 is 5.96. The summed E-state index contributed by atoms with van der Waals surface area (Å²) in [6, 6.07) is 12.3. The van der Waals surface area contributed by atoms with Crippen molar-refractivity contribution in [1.82, 2.24) is 0 Å². The maximum atomic E-state index is 13.6. The lowest BCUT2D eigenvalue weighted by Gasteiger charge is -2.43. The highest BCUT2D eigenvalue weighted by Crippen LogP contribution is 2.51. The van der Waals surface area contributed by atoms with Crippen LogP contribution in [0.4, 0.5) is 5.69 Å². The minimum absolute atomic E-state index is 0.0745. The van der Waals surface area contributed by atoms with E-state index in [0.717, 1.165) is 39.1 Å². The van der Waals surface area contributed by atoms with E-state index in [1.165, 1.54) is 0 Å². The van der Waals surface area contributed by atoms with Gasteiger partial charge in [-0.25, -0.2) is 0 Å². The van der Waals surface area contributed by atoms with Crippen LogP contribution in [0.15, 0.2) is 62.5 Å². The normalized spacial score (nSPS) is 20.4. The van der Waals surface area contributed by atoms with Crippen molar-refractivity contribution in [3.05, 3.63) is 69.9 Å². The number of hydrogen-bond acceptors (Lipinski definition) is 6. The molecule has 1 aliphatic carbocycles. The zero-order chi connectivity index (χ0) is 23.2. The van der Waals surface area contributed by atoms with Gasteiger partial charge in [0.25, 0.3) is 0 Å². The maximum Gasteiger partial charge on any atom is 0.164 e. The van der Waals surface area contributed by atoms with Gasteiger partial charge in [-0.15, -0.1) is 0 Å². The molecule has 166 valence electrons. The first-order chi connectivity index (χ1) is 15.2. The van der Waals surface area contributed by atoms with Gasteiger partial charge in [-0.05, 0) is 55.2 Å². The van der Waals surface area contributed by atoms with Gasteiger partial charge >= 0.3 is 0 Å². The van der Waals surface area contributed by atoms with Crippen LogP contribution in [0.5, 0.6) is 0 Å². The number of furan rings is 1. The Bertz CT molecular complexity index is 1200. The quantitative estimate of drug-likeness (QED) is 0.583. The van der Waals surface area contributed by atoms with Gasteiger partial charge in [-0.2, -0.15) is 5.26 Å². The number of benzene rings is 1. The first kappa shape index (κ1) is 22.3. The molecule has 1 unspecified atom stereocenters. The molecule has 0 spiro atoms. The summed E-state index contributed by atoms with van der Waals surface area (Å²) >= 11 is 1.58. The van der Waals surface area contributed by atoms with Crippen molar-refractivity contribution in [2.24, 2.45) is 11.1 Å². The van der Waals surface area contributed by atoms with Gasteiger partial charge in [0.05, 0.1) is 17.6 Å². The molecule has 2 heterocycles. The molecule has 1 aliphatic heterocycles. The molecular weight excluding hydrogens is 418 g/mol. The van der Waals surface area contributed by atoms with Crippen LogP contribution in [-0.4, -0.2) is 11.5 Å². The van der Waals surface area contributed by atoms with Gasteiger partial charge in [0, 0.05) is 28.9 Å². The van der Waals surface area contributed by atoms with E-state index in [2.05, 4.69) is 26.8 Å². The fourth-order valence-electron chi connectivity index (χ4n) is 4.84. The predicted molar refractivity (Wildman–Crippen MR) is 128 cm³/mol.